The van der Waals surface area contributed by atoms with E-state index in [0.29, 0.717) is 5.78 Å². The highest BCUT2D eigenvalue weighted by Gasteiger charge is 2.23. The van der Waals surface area contributed by atoms with Crippen molar-refractivity contribution in [3.63, 3.8) is 0 Å². The highest BCUT2D eigenvalue weighted by Crippen LogP contribution is 2.28. The third kappa shape index (κ3) is 3.09. The first kappa shape index (κ1) is 13.1. The quantitative estimate of drug-likeness (QED) is 0.431. The van der Waals surface area contributed by atoms with Crippen LogP contribution in [0.4, 0.5) is 0 Å². The van der Waals surface area contributed by atoms with Gasteiger partial charge >= 0.3 is 0 Å². The zero-order valence-corrected chi connectivity index (χ0v) is 12.5. The Hall–Kier alpha value is -0.380. The van der Waals surface area contributed by atoms with Crippen molar-refractivity contribution in [3.8, 4) is 0 Å². The lowest BCUT2D eigenvalue weighted by atomic mass is 9.90. The van der Waals surface area contributed by atoms with Crippen molar-refractivity contribution in [2.45, 2.75) is 45.4 Å². The molecule has 0 bridgehead atoms. The Balaban J connectivity index is 2.20. The Morgan fingerprint density at radius 2 is 1.82 bits per heavy atom. The smallest absolute Gasteiger partial charge is 0.167 e. The Kier molecular flexibility index (Phi) is 4.60. The second kappa shape index (κ2) is 5.98. The molecule has 0 aliphatic heterocycles. The first-order chi connectivity index (χ1) is 8.20. The van der Waals surface area contributed by atoms with Gasteiger partial charge in [-0.1, -0.05) is 43.9 Å². The van der Waals surface area contributed by atoms with E-state index in [1.54, 1.807) is 0 Å². The fraction of sp³-hybridized carbons (Fsp3) is 0.533. The topological polar surface area (TPSA) is 17.1 Å². The number of Topliss-reactive ketones (excluding diaryl/α,β-unsaturated/α-hetero) is 1. The van der Waals surface area contributed by atoms with Gasteiger partial charge in [0.05, 0.1) is 0 Å². The summed E-state index contributed by atoms with van der Waals surface area (Å²) in [7, 11) is 0. The number of aryl methyl sites for hydroxylation is 1. The fourth-order valence-electron chi connectivity index (χ4n) is 2.60. The van der Waals surface area contributed by atoms with Crippen LogP contribution >= 0.6 is 22.6 Å². The van der Waals surface area contributed by atoms with E-state index in [9.17, 15) is 4.79 Å². The van der Waals surface area contributed by atoms with E-state index in [2.05, 4.69) is 35.6 Å². The molecule has 0 radical (unpaired) electrons. The number of carbonyl (C=O) groups is 1. The standard InChI is InChI=1S/C15H19IO/c1-11-7-6-10-13(14(11)16)15(17)12-8-4-2-3-5-9-12/h6-7,10,12H,2-5,8-9H2,1H3. The lowest BCUT2D eigenvalue weighted by Gasteiger charge is -2.14. The molecule has 1 saturated carbocycles. The third-order valence-electron chi connectivity index (χ3n) is 3.68. The monoisotopic (exact) mass is 342 g/mol. The van der Waals surface area contributed by atoms with Crippen LogP contribution in [0.5, 0.6) is 0 Å². The van der Waals surface area contributed by atoms with E-state index in [1.807, 2.05) is 12.1 Å². The van der Waals surface area contributed by atoms with Crippen LogP contribution in [0.25, 0.3) is 0 Å². The summed E-state index contributed by atoms with van der Waals surface area (Å²) in [6.45, 7) is 2.08. The maximum absolute atomic E-state index is 12.5. The number of rotatable bonds is 2. The van der Waals surface area contributed by atoms with Gasteiger partial charge in [-0.05, 0) is 47.9 Å². The van der Waals surface area contributed by atoms with Crippen molar-refractivity contribution >= 4 is 28.4 Å². The Labute approximate surface area is 117 Å². The summed E-state index contributed by atoms with van der Waals surface area (Å²) in [4.78, 5) is 12.5. The van der Waals surface area contributed by atoms with Gasteiger partial charge in [0.1, 0.15) is 0 Å². The zero-order chi connectivity index (χ0) is 12.3. The predicted molar refractivity (Wildman–Crippen MR) is 79.4 cm³/mol. The van der Waals surface area contributed by atoms with Gasteiger partial charge in [-0.3, -0.25) is 4.79 Å². The molecule has 0 atom stereocenters. The summed E-state index contributed by atoms with van der Waals surface area (Å²) in [6.07, 6.45) is 7.21. The SMILES string of the molecule is Cc1cccc(C(=O)C2CCCCCC2)c1I. The van der Waals surface area contributed by atoms with E-state index in [0.717, 1.165) is 22.0 Å². The number of carbonyl (C=O) groups excluding carboxylic acids is 1. The molecular weight excluding hydrogens is 323 g/mol. The van der Waals surface area contributed by atoms with Gasteiger partial charge in [0, 0.05) is 15.1 Å². The molecule has 1 nitrogen and oxygen atoms in total. The van der Waals surface area contributed by atoms with Crippen LogP contribution in [0, 0.1) is 16.4 Å². The van der Waals surface area contributed by atoms with Crippen molar-refractivity contribution in [1.29, 1.82) is 0 Å². The zero-order valence-electron chi connectivity index (χ0n) is 10.3. The molecule has 2 rings (SSSR count). The first-order valence-electron chi connectivity index (χ1n) is 6.49. The number of benzene rings is 1. The normalized spacial score (nSPS) is 17.8. The second-order valence-electron chi connectivity index (χ2n) is 4.99. The molecule has 0 amide bonds. The van der Waals surface area contributed by atoms with Crippen LogP contribution < -0.4 is 0 Å². The predicted octanol–water partition coefficient (Wildman–Crippen LogP) is 4.75. The van der Waals surface area contributed by atoms with Crippen LogP contribution in [0.15, 0.2) is 18.2 Å². The molecule has 1 aromatic carbocycles. The van der Waals surface area contributed by atoms with Crippen LogP contribution in [0.2, 0.25) is 0 Å². The van der Waals surface area contributed by atoms with Crippen molar-refractivity contribution in [3.05, 3.63) is 32.9 Å². The van der Waals surface area contributed by atoms with Gasteiger partial charge in [-0.2, -0.15) is 0 Å². The molecule has 1 aliphatic carbocycles. The lowest BCUT2D eigenvalue weighted by molar-refractivity contribution is 0.0907. The summed E-state index contributed by atoms with van der Waals surface area (Å²) in [5.74, 6) is 0.646. The van der Waals surface area contributed by atoms with E-state index in [4.69, 9.17) is 0 Å². The molecule has 17 heavy (non-hydrogen) atoms. The lowest BCUT2D eigenvalue weighted by Crippen LogP contribution is -2.15. The maximum atomic E-state index is 12.5. The van der Waals surface area contributed by atoms with E-state index in [-0.39, 0.29) is 5.92 Å². The third-order valence-corrected chi connectivity index (χ3v) is 5.12. The summed E-state index contributed by atoms with van der Waals surface area (Å²) >= 11 is 2.31. The van der Waals surface area contributed by atoms with Gasteiger partial charge in [0.2, 0.25) is 0 Å². The molecule has 0 aromatic heterocycles. The van der Waals surface area contributed by atoms with Crippen LogP contribution in [-0.4, -0.2) is 5.78 Å². The number of hydrogen-bond donors (Lipinski definition) is 0. The Morgan fingerprint density at radius 3 is 2.47 bits per heavy atom. The van der Waals surface area contributed by atoms with Crippen molar-refractivity contribution in [2.24, 2.45) is 5.92 Å². The van der Waals surface area contributed by atoms with Crippen LogP contribution in [-0.2, 0) is 0 Å². The average molecular weight is 342 g/mol. The first-order valence-corrected chi connectivity index (χ1v) is 7.57. The Morgan fingerprint density at radius 1 is 1.18 bits per heavy atom. The highest BCUT2D eigenvalue weighted by atomic mass is 127. The van der Waals surface area contributed by atoms with E-state index in [1.165, 1.54) is 31.2 Å². The fourth-order valence-corrected chi connectivity index (χ4v) is 3.22. The minimum atomic E-state index is 0.271. The molecule has 0 unspecified atom stereocenters. The largest absolute Gasteiger partial charge is 0.294 e. The molecule has 0 spiro atoms. The summed E-state index contributed by atoms with van der Waals surface area (Å²) in [6, 6.07) is 6.06. The van der Waals surface area contributed by atoms with Gasteiger partial charge in [0.15, 0.2) is 5.78 Å². The molecule has 1 aliphatic rings. The number of ketones is 1. The summed E-state index contributed by atoms with van der Waals surface area (Å²) in [5, 5.41) is 0. The maximum Gasteiger partial charge on any atom is 0.167 e. The molecular formula is C15H19IO. The van der Waals surface area contributed by atoms with Crippen molar-refractivity contribution in [2.75, 3.05) is 0 Å². The molecule has 0 N–H and O–H groups in total. The summed E-state index contributed by atoms with van der Waals surface area (Å²) < 4.78 is 1.14. The Bertz CT molecular complexity index is 403. The molecule has 1 fully saturated rings. The van der Waals surface area contributed by atoms with E-state index >= 15 is 0 Å². The average Bonchev–Trinajstić information content (AvgIpc) is 2.60. The van der Waals surface area contributed by atoms with Gasteiger partial charge in [0.25, 0.3) is 0 Å². The van der Waals surface area contributed by atoms with Crippen molar-refractivity contribution in [1.82, 2.24) is 0 Å². The van der Waals surface area contributed by atoms with Gasteiger partial charge < -0.3 is 0 Å². The minimum absolute atomic E-state index is 0.271. The molecule has 92 valence electrons. The number of hydrogen-bond acceptors (Lipinski definition) is 1. The van der Waals surface area contributed by atoms with Gasteiger partial charge in [-0.25, -0.2) is 0 Å². The molecule has 2 heteroatoms. The van der Waals surface area contributed by atoms with E-state index < -0.39 is 0 Å². The van der Waals surface area contributed by atoms with Crippen molar-refractivity contribution < 1.29 is 4.79 Å². The molecule has 0 saturated heterocycles. The molecule has 1 aromatic rings. The van der Waals surface area contributed by atoms with Gasteiger partial charge in [-0.15, -0.1) is 0 Å². The highest BCUT2D eigenvalue weighted by molar-refractivity contribution is 14.1. The summed E-state index contributed by atoms with van der Waals surface area (Å²) in [5.41, 5.74) is 2.16. The number of halogens is 1. The van der Waals surface area contributed by atoms with Crippen LogP contribution in [0.3, 0.4) is 0 Å². The minimum Gasteiger partial charge on any atom is -0.294 e. The van der Waals surface area contributed by atoms with Crippen LogP contribution in [0.1, 0.15) is 54.4 Å². The second-order valence-corrected chi connectivity index (χ2v) is 6.07. The molecule has 0 heterocycles.